The summed E-state index contributed by atoms with van der Waals surface area (Å²) in [6.07, 6.45) is 3.41. The minimum absolute atomic E-state index is 0.223. The molecule has 1 aliphatic rings. The molecule has 4 heteroatoms. The van der Waals surface area contributed by atoms with Crippen LogP contribution in [0.5, 0.6) is 0 Å². The van der Waals surface area contributed by atoms with Gasteiger partial charge in [-0.3, -0.25) is 9.59 Å². The van der Waals surface area contributed by atoms with Crippen molar-refractivity contribution in [1.29, 1.82) is 0 Å². The van der Waals surface area contributed by atoms with E-state index in [1.54, 1.807) is 53.4 Å². The third-order valence-corrected chi connectivity index (χ3v) is 4.22. The number of nitrogens with zero attached hydrogens (tertiary/aromatic N) is 1. The summed E-state index contributed by atoms with van der Waals surface area (Å²) in [5.74, 6) is -0.446. The topological polar surface area (TPSA) is 38.0 Å². The molecule has 1 heterocycles. The Morgan fingerprint density at radius 3 is 1.83 bits per heavy atom. The number of carbonyl (C=O) groups excluding carboxylic acids is 2. The van der Waals surface area contributed by atoms with Gasteiger partial charge in [-0.15, -0.1) is 0 Å². The van der Waals surface area contributed by atoms with Gasteiger partial charge in [0, 0.05) is 39.2 Å². The number of rotatable bonds is 1. The lowest BCUT2D eigenvalue weighted by atomic mass is 10.1. The fraction of sp³-hybridized carbons (Fsp3) is 0.0714. The molecule has 0 amide bonds. The summed E-state index contributed by atoms with van der Waals surface area (Å²) >= 11 is 3.33. The van der Waals surface area contributed by atoms with E-state index in [2.05, 4.69) is 15.9 Å². The average molecular weight is 303 g/mol. The molecule has 0 fully saturated rings. The van der Waals surface area contributed by atoms with Gasteiger partial charge in [-0.05, 0) is 0 Å². The summed E-state index contributed by atoms with van der Waals surface area (Å²) in [5.41, 5.74) is 0.937. The Labute approximate surface area is 112 Å². The second-order valence-corrected chi connectivity index (χ2v) is 5.26. The first kappa shape index (κ1) is 11.3. The second-order valence-electron chi connectivity index (χ2n) is 4.11. The van der Waals surface area contributed by atoms with Crippen molar-refractivity contribution >= 4 is 27.5 Å². The molecule has 1 aliphatic carbocycles. The number of fused-ring (bicyclic) bond motifs is 1. The fourth-order valence-corrected chi connectivity index (χ4v) is 2.84. The maximum Gasteiger partial charge on any atom is 0.346 e. The number of alkyl halides is 1. The van der Waals surface area contributed by atoms with Crippen molar-refractivity contribution in [2.45, 2.75) is 4.45 Å². The van der Waals surface area contributed by atoms with E-state index in [4.69, 9.17) is 0 Å². The van der Waals surface area contributed by atoms with E-state index < -0.39 is 4.45 Å². The molecule has 0 saturated carbocycles. The van der Waals surface area contributed by atoms with Crippen molar-refractivity contribution in [2.24, 2.45) is 0 Å². The first-order valence-electron chi connectivity index (χ1n) is 5.50. The molecule has 0 saturated heterocycles. The van der Waals surface area contributed by atoms with Crippen LogP contribution in [0.2, 0.25) is 0 Å². The normalized spacial score (nSPS) is 16.7. The van der Waals surface area contributed by atoms with Gasteiger partial charge < -0.3 is 0 Å². The number of hydrogen-bond donors (Lipinski definition) is 0. The number of benzene rings is 1. The summed E-state index contributed by atoms with van der Waals surface area (Å²) in [6, 6.07) is 12.3. The molecule has 0 aliphatic heterocycles. The SMILES string of the molecule is O=C1c2ccccc2C(=O)C1(Br)[n+]1ccccc1. The van der Waals surface area contributed by atoms with Gasteiger partial charge in [-0.25, -0.2) is 0 Å². The molecule has 0 bridgehead atoms. The fourth-order valence-electron chi connectivity index (χ4n) is 2.18. The van der Waals surface area contributed by atoms with Crippen LogP contribution in [-0.2, 0) is 4.45 Å². The molecule has 3 rings (SSSR count). The maximum absolute atomic E-state index is 12.4. The Hall–Kier alpha value is -1.81. The quantitative estimate of drug-likeness (QED) is 0.460. The highest BCUT2D eigenvalue weighted by molar-refractivity contribution is 9.10. The number of hydrogen-bond acceptors (Lipinski definition) is 2. The van der Waals surface area contributed by atoms with Crippen LogP contribution in [-0.4, -0.2) is 11.6 Å². The van der Waals surface area contributed by atoms with Crippen LogP contribution in [0.3, 0.4) is 0 Å². The highest BCUT2D eigenvalue weighted by atomic mass is 79.9. The van der Waals surface area contributed by atoms with Gasteiger partial charge in [0.25, 0.3) is 11.6 Å². The van der Waals surface area contributed by atoms with Crippen molar-refractivity contribution in [2.75, 3.05) is 0 Å². The van der Waals surface area contributed by atoms with Crippen molar-refractivity contribution in [3.05, 3.63) is 66.0 Å². The zero-order valence-electron chi connectivity index (χ0n) is 9.34. The zero-order chi connectivity index (χ0) is 12.8. The molecular formula is C14H9BrNO2+. The van der Waals surface area contributed by atoms with Crippen LogP contribution in [0, 0.1) is 0 Å². The van der Waals surface area contributed by atoms with E-state index in [0.717, 1.165) is 0 Å². The molecule has 88 valence electrons. The van der Waals surface area contributed by atoms with Gasteiger partial charge in [-0.2, -0.15) is 4.57 Å². The Kier molecular flexibility index (Phi) is 2.41. The molecule has 0 atom stereocenters. The van der Waals surface area contributed by atoms with Crippen molar-refractivity contribution in [3.63, 3.8) is 0 Å². The number of pyridine rings is 1. The Morgan fingerprint density at radius 2 is 1.33 bits per heavy atom. The molecule has 18 heavy (non-hydrogen) atoms. The van der Waals surface area contributed by atoms with Gasteiger partial charge in [0.2, 0.25) is 0 Å². The van der Waals surface area contributed by atoms with Crippen LogP contribution in [0.4, 0.5) is 0 Å². The Balaban J connectivity index is 2.23. The molecule has 3 nitrogen and oxygen atoms in total. The van der Waals surface area contributed by atoms with Crippen LogP contribution in [0.1, 0.15) is 20.7 Å². The zero-order valence-corrected chi connectivity index (χ0v) is 10.9. The highest BCUT2D eigenvalue weighted by Crippen LogP contribution is 2.36. The summed E-state index contributed by atoms with van der Waals surface area (Å²) in [7, 11) is 0. The van der Waals surface area contributed by atoms with Gasteiger partial charge in [0.05, 0.1) is 0 Å². The molecular weight excluding hydrogens is 294 g/mol. The van der Waals surface area contributed by atoms with E-state index in [1.807, 2.05) is 6.07 Å². The number of halogens is 1. The van der Waals surface area contributed by atoms with E-state index in [0.29, 0.717) is 11.1 Å². The smallest absolute Gasteiger partial charge is 0.285 e. The van der Waals surface area contributed by atoms with Crippen LogP contribution in [0.15, 0.2) is 54.9 Å². The van der Waals surface area contributed by atoms with E-state index in [1.165, 1.54) is 0 Å². The molecule has 0 radical (unpaired) electrons. The minimum Gasteiger partial charge on any atom is -0.285 e. The standard InChI is InChI=1S/C14H9BrNO2/c15-14(16-8-4-1-5-9-16)12(17)10-6-2-3-7-11(10)13(14)18/h1-9H/q+1. The van der Waals surface area contributed by atoms with Crippen LogP contribution >= 0.6 is 15.9 Å². The average Bonchev–Trinajstić information content (AvgIpc) is 2.64. The summed E-state index contributed by atoms with van der Waals surface area (Å²) in [4.78, 5) is 24.9. The summed E-state index contributed by atoms with van der Waals surface area (Å²) in [5, 5.41) is 0. The van der Waals surface area contributed by atoms with Crippen molar-refractivity contribution in [3.8, 4) is 0 Å². The largest absolute Gasteiger partial charge is 0.346 e. The third kappa shape index (κ3) is 1.32. The summed E-state index contributed by atoms with van der Waals surface area (Å²) < 4.78 is 0.260. The van der Waals surface area contributed by atoms with Gasteiger partial charge in [0.15, 0.2) is 12.4 Å². The number of Topliss-reactive ketones (excluding diaryl/α,β-unsaturated/α-hetero) is 2. The van der Waals surface area contributed by atoms with Crippen LogP contribution < -0.4 is 4.57 Å². The number of carbonyl (C=O) groups is 2. The molecule has 0 unspecified atom stereocenters. The lowest BCUT2D eigenvalue weighted by molar-refractivity contribution is -0.704. The van der Waals surface area contributed by atoms with Gasteiger partial charge in [0.1, 0.15) is 0 Å². The third-order valence-electron chi connectivity index (χ3n) is 3.09. The maximum atomic E-state index is 12.4. The number of ketones is 2. The van der Waals surface area contributed by atoms with Crippen LogP contribution in [0.25, 0.3) is 0 Å². The van der Waals surface area contributed by atoms with Crippen molar-refractivity contribution < 1.29 is 14.2 Å². The minimum atomic E-state index is -1.34. The summed E-state index contributed by atoms with van der Waals surface area (Å²) in [6.45, 7) is 0. The monoisotopic (exact) mass is 302 g/mol. The van der Waals surface area contributed by atoms with Gasteiger partial charge in [-0.1, -0.05) is 30.3 Å². The first-order valence-corrected chi connectivity index (χ1v) is 6.29. The van der Waals surface area contributed by atoms with E-state index in [-0.39, 0.29) is 11.6 Å². The number of aromatic nitrogens is 1. The van der Waals surface area contributed by atoms with Gasteiger partial charge >= 0.3 is 4.45 Å². The predicted molar refractivity (Wildman–Crippen MR) is 68.6 cm³/mol. The lowest BCUT2D eigenvalue weighted by Gasteiger charge is -2.11. The lowest BCUT2D eigenvalue weighted by Crippen LogP contribution is -2.58. The molecule has 1 aromatic heterocycles. The predicted octanol–water partition coefficient (Wildman–Crippen LogP) is 2.10. The van der Waals surface area contributed by atoms with Crippen molar-refractivity contribution in [1.82, 2.24) is 0 Å². The Morgan fingerprint density at radius 1 is 0.833 bits per heavy atom. The second kappa shape index (κ2) is 3.85. The molecule has 0 spiro atoms. The Bertz CT molecular complexity index is 617. The molecule has 1 aromatic carbocycles. The first-order chi connectivity index (χ1) is 8.65. The van der Waals surface area contributed by atoms with E-state index >= 15 is 0 Å². The van der Waals surface area contributed by atoms with E-state index in [9.17, 15) is 9.59 Å². The molecule has 2 aromatic rings. The molecule has 0 N–H and O–H groups in total. The highest BCUT2D eigenvalue weighted by Gasteiger charge is 2.59.